The second kappa shape index (κ2) is 7.59. The molecule has 0 spiro atoms. The fourth-order valence-corrected chi connectivity index (χ4v) is 3.23. The van der Waals surface area contributed by atoms with Crippen molar-refractivity contribution >= 4 is 39.6 Å². The van der Waals surface area contributed by atoms with Crippen LogP contribution in [0.4, 0.5) is 0 Å². The molecular weight excluding hydrogens is 370 g/mol. The number of carboxylic acid groups (broad SMARTS) is 1. The van der Waals surface area contributed by atoms with E-state index in [1.807, 2.05) is 24.3 Å². The molecule has 29 heavy (non-hydrogen) atoms. The first-order valence-electron chi connectivity index (χ1n) is 9.06. The van der Waals surface area contributed by atoms with Crippen LogP contribution in [0.2, 0.25) is 0 Å². The van der Waals surface area contributed by atoms with Crippen LogP contribution in [0.15, 0.2) is 77.2 Å². The predicted molar refractivity (Wildman–Crippen MR) is 108 cm³/mol. The van der Waals surface area contributed by atoms with Gasteiger partial charge in [-0.05, 0) is 36.4 Å². The van der Waals surface area contributed by atoms with Gasteiger partial charge in [-0.25, -0.2) is 4.79 Å². The largest absolute Gasteiger partial charge is 0.480 e. The Labute approximate surface area is 165 Å². The minimum absolute atomic E-state index is 0.331. The second-order valence-corrected chi connectivity index (χ2v) is 6.67. The molecule has 6 nitrogen and oxygen atoms in total. The highest BCUT2D eigenvalue weighted by Crippen LogP contribution is 2.29. The van der Waals surface area contributed by atoms with Gasteiger partial charge in [0, 0.05) is 28.3 Å². The summed E-state index contributed by atoms with van der Waals surface area (Å²) in [6, 6.07) is 19.4. The van der Waals surface area contributed by atoms with Crippen molar-refractivity contribution in [2.24, 2.45) is 0 Å². The van der Waals surface area contributed by atoms with Crippen molar-refractivity contribution in [2.75, 3.05) is 0 Å². The maximum absolute atomic E-state index is 12.7. The smallest absolute Gasteiger partial charge is 0.326 e. The van der Waals surface area contributed by atoms with E-state index in [0.29, 0.717) is 22.3 Å². The third-order valence-corrected chi connectivity index (χ3v) is 4.73. The fraction of sp³-hybridized carbons (Fsp3) is 0.0870. The number of Topliss-reactive ketones (excluding diaryl/α,β-unsaturated/α-hetero) is 1. The molecule has 1 aromatic heterocycles. The summed E-state index contributed by atoms with van der Waals surface area (Å²) in [5, 5.41) is 13.5. The van der Waals surface area contributed by atoms with Crippen LogP contribution in [0.25, 0.3) is 21.9 Å². The second-order valence-electron chi connectivity index (χ2n) is 6.67. The van der Waals surface area contributed by atoms with Crippen LogP contribution in [0.1, 0.15) is 27.1 Å². The maximum atomic E-state index is 12.7. The van der Waals surface area contributed by atoms with Gasteiger partial charge in [-0.1, -0.05) is 36.4 Å². The molecule has 0 radical (unpaired) electrons. The first kappa shape index (κ1) is 18.4. The summed E-state index contributed by atoms with van der Waals surface area (Å²) in [5.41, 5.74) is 2.06. The number of furan rings is 1. The van der Waals surface area contributed by atoms with Crippen molar-refractivity contribution in [3.63, 3.8) is 0 Å². The molecule has 0 aliphatic rings. The normalized spacial score (nSPS) is 12.0. The Morgan fingerprint density at radius 3 is 2.28 bits per heavy atom. The zero-order chi connectivity index (χ0) is 20.4. The summed E-state index contributed by atoms with van der Waals surface area (Å²) in [4.78, 5) is 36.6. The van der Waals surface area contributed by atoms with Crippen LogP contribution < -0.4 is 5.32 Å². The van der Waals surface area contributed by atoms with Crippen molar-refractivity contribution < 1.29 is 23.9 Å². The van der Waals surface area contributed by atoms with Crippen LogP contribution in [0, 0.1) is 0 Å². The van der Waals surface area contributed by atoms with Gasteiger partial charge in [0.05, 0.1) is 0 Å². The number of hydrogen-bond donors (Lipinski definition) is 2. The monoisotopic (exact) mass is 387 g/mol. The van der Waals surface area contributed by atoms with Gasteiger partial charge < -0.3 is 14.8 Å². The number of aliphatic carboxylic acids is 1. The molecule has 1 unspecified atom stereocenters. The highest BCUT2D eigenvalue weighted by molar-refractivity contribution is 6.09. The minimum atomic E-state index is -1.33. The van der Waals surface area contributed by atoms with Gasteiger partial charge in [0.1, 0.15) is 17.2 Å². The van der Waals surface area contributed by atoms with Gasteiger partial charge in [0.15, 0.2) is 5.78 Å². The van der Waals surface area contributed by atoms with Crippen LogP contribution in [0.5, 0.6) is 0 Å². The van der Waals surface area contributed by atoms with Crippen LogP contribution >= 0.6 is 0 Å². The maximum Gasteiger partial charge on any atom is 0.326 e. The van der Waals surface area contributed by atoms with Gasteiger partial charge in [0.2, 0.25) is 0 Å². The molecule has 0 saturated heterocycles. The zero-order valence-corrected chi connectivity index (χ0v) is 15.3. The molecule has 1 heterocycles. The lowest BCUT2D eigenvalue weighted by atomic mass is 10.0. The number of ketones is 1. The van der Waals surface area contributed by atoms with E-state index in [4.69, 9.17) is 4.42 Å². The zero-order valence-electron chi connectivity index (χ0n) is 15.3. The summed E-state index contributed by atoms with van der Waals surface area (Å²) in [6.45, 7) is 0. The number of para-hydroxylation sites is 1. The average Bonchev–Trinajstić information content (AvgIpc) is 3.11. The van der Waals surface area contributed by atoms with E-state index in [0.717, 1.165) is 10.8 Å². The van der Waals surface area contributed by atoms with Gasteiger partial charge in [0.25, 0.3) is 5.91 Å². The Hall–Kier alpha value is -3.93. The molecule has 0 fully saturated rings. The van der Waals surface area contributed by atoms with Gasteiger partial charge >= 0.3 is 5.97 Å². The van der Waals surface area contributed by atoms with Gasteiger partial charge in [-0.2, -0.15) is 0 Å². The van der Waals surface area contributed by atoms with Crippen molar-refractivity contribution in [2.45, 2.75) is 12.5 Å². The fourth-order valence-electron chi connectivity index (χ4n) is 3.23. The number of rotatable bonds is 6. The van der Waals surface area contributed by atoms with E-state index in [1.165, 1.54) is 0 Å². The SMILES string of the molecule is O=C(CC(NC(=O)c1ccccc1)C(=O)O)c1ccc2oc3ccccc3c2c1. The van der Waals surface area contributed by atoms with Gasteiger partial charge in [-0.3, -0.25) is 9.59 Å². The quantitative estimate of drug-likeness (QED) is 0.487. The lowest BCUT2D eigenvalue weighted by Crippen LogP contribution is -2.42. The van der Waals surface area contributed by atoms with Crippen molar-refractivity contribution in [3.8, 4) is 0 Å². The summed E-state index contributed by atoms with van der Waals surface area (Å²) < 4.78 is 5.75. The van der Waals surface area contributed by atoms with Crippen LogP contribution in [-0.2, 0) is 4.79 Å². The molecule has 3 aromatic carbocycles. The van der Waals surface area contributed by atoms with Crippen LogP contribution in [-0.4, -0.2) is 28.8 Å². The summed E-state index contributed by atoms with van der Waals surface area (Å²) >= 11 is 0. The number of hydrogen-bond acceptors (Lipinski definition) is 4. The van der Waals surface area contributed by atoms with E-state index in [2.05, 4.69) is 5.32 Å². The van der Waals surface area contributed by atoms with Crippen molar-refractivity contribution in [1.82, 2.24) is 5.32 Å². The lowest BCUT2D eigenvalue weighted by Gasteiger charge is -2.14. The Kier molecular flexibility index (Phi) is 4.83. The predicted octanol–water partition coefficient (Wildman–Crippen LogP) is 4.04. The van der Waals surface area contributed by atoms with E-state index < -0.39 is 17.9 Å². The van der Waals surface area contributed by atoms with Gasteiger partial charge in [-0.15, -0.1) is 0 Å². The summed E-state index contributed by atoms with van der Waals surface area (Å²) in [6.07, 6.45) is -0.352. The molecule has 4 rings (SSSR count). The lowest BCUT2D eigenvalue weighted by molar-refractivity contribution is -0.139. The number of carbonyl (C=O) groups is 3. The molecule has 4 aromatic rings. The third-order valence-electron chi connectivity index (χ3n) is 4.73. The summed E-state index contributed by atoms with van der Waals surface area (Å²) in [5.74, 6) is -2.18. The Morgan fingerprint density at radius 2 is 1.52 bits per heavy atom. The average molecular weight is 387 g/mol. The summed E-state index contributed by atoms with van der Waals surface area (Å²) in [7, 11) is 0. The molecule has 0 bridgehead atoms. The van der Waals surface area contributed by atoms with E-state index in [-0.39, 0.29) is 12.2 Å². The molecule has 2 N–H and O–H groups in total. The number of amides is 1. The van der Waals surface area contributed by atoms with E-state index in [9.17, 15) is 19.5 Å². The van der Waals surface area contributed by atoms with Crippen molar-refractivity contribution in [1.29, 1.82) is 0 Å². The first-order valence-corrected chi connectivity index (χ1v) is 9.06. The topological polar surface area (TPSA) is 96.6 Å². The Morgan fingerprint density at radius 1 is 0.828 bits per heavy atom. The molecule has 0 aliphatic carbocycles. The Bertz CT molecular complexity index is 1230. The first-order chi connectivity index (χ1) is 14.0. The minimum Gasteiger partial charge on any atom is -0.480 e. The molecule has 1 atom stereocenters. The molecule has 6 heteroatoms. The number of benzene rings is 3. The highest BCUT2D eigenvalue weighted by Gasteiger charge is 2.25. The number of nitrogens with one attached hydrogen (secondary N) is 1. The molecule has 0 saturated carbocycles. The van der Waals surface area contributed by atoms with Crippen LogP contribution in [0.3, 0.4) is 0 Å². The van der Waals surface area contributed by atoms with E-state index >= 15 is 0 Å². The number of carboxylic acids is 1. The Balaban J connectivity index is 1.57. The number of carbonyl (C=O) groups excluding carboxylic acids is 2. The molecule has 144 valence electrons. The third kappa shape index (κ3) is 3.73. The number of fused-ring (bicyclic) bond motifs is 3. The van der Waals surface area contributed by atoms with Crippen molar-refractivity contribution in [3.05, 3.63) is 83.9 Å². The molecule has 1 amide bonds. The standard InChI is InChI=1S/C23H17NO5/c25-19(13-18(23(27)28)24-22(26)14-6-2-1-3-7-14)15-10-11-21-17(12-15)16-8-4-5-9-20(16)29-21/h1-12,18H,13H2,(H,24,26)(H,27,28). The highest BCUT2D eigenvalue weighted by atomic mass is 16.4. The molecule has 0 aliphatic heterocycles. The molecular formula is C23H17NO5. The van der Waals surface area contributed by atoms with E-state index in [1.54, 1.807) is 48.5 Å².